The van der Waals surface area contributed by atoms with Crippen LogP contribution >= 0.6 is 0 Å². The van der Waals surface area contributed by atoms with Crippen LogP contribution in [0.1, 0.15) is 26.3 Å². The first-order valence-corrected chi connectivity index (χ1v) is 6.69. The molecule has 2 aromatic rings. The molecule has 1 N–H and O–H groups in total. The van der Waals surface area contributed by atoms with Gasteiger partial charge in [0.25, 0.3) is 0 Å². The third-order valence-corrected chi connectivity index (χ3v) is 3.10. The zero-order valence-electron chi connectivity index (χ0n) is 12.6. The van der Waals surface area contributed by atoms with E-state index >= 15 is 0 Å². The molecule has 0 amide bonds. The fraction of sp³-hybridized carbons (Fsp3) is 0.118. The van der Waals surface area contributed by atoms with E-state index in [4.69, 9.17) is 4.74 Å². The Bertz CT molecular complexity index is 767. The van der Waals surface area contributed by atoms with E-state index in [1.54, 1.807) is 18.2 Å². The van der Waals surface area contributed by atoms with E-state index in [0.717, 1.165) is 0 Å². The third kappa shape index (κ3) is 3.74. The molecular weight excluding hydrogens is 298 g/mol. The van der Waals surface area contributed by atoms with Crippen molar-refractivity contribution in [3.63, 3.8) is 0 Å². The van der Waals surface area contributed by atoms with Crippen LogP contribution in [0.5, 0.6) is 5.75 Å². The number of benzene rings is 2. The van der Waals surface area contributed by atoms with Crippen molar-refractivity contribution in [3.05, 3.63) is 59.2 Å². The summed E-state index contributed by atoms with van der Waals surface area (Å²) in [6, 6.07) is 10.9. The van der Waals surface area contributed by atoms with E-state index < -0.39 is 11.9 Å². The molecule has 2 rings (SSSR count). The molecule has 23 heavy (non-hydrogen) atoms. The Morgan fingerprint density at radius 2 is 1.74 bits per heavy atom. The minimum Gasteiger partial charge on any atom is -0.507 e. The van der Waals surface area contributed by atoms with Crippen LogP contribution in [0, 0.1) is 0 Å². The van der Waals surface area contributed by atoms with E-state index in [1.165, 1.54) is 44.7 Å². The van der Waals surface area contributed by atoms with Gasteiger partial charge in [-0.15, -0.1) is 0 Å². The molecule has 0 fully saturated rings. The predicted molar refractivity (Wildman–Crippen MR) is 84.5 cm³/mol. The maximum atomic E-state index is 11.8. The molecule has 0 atom stereocenters. The van der Waals surface area contributed by atoms with Crippen molar-refractivity contribution in [1.82, 2.24) is 0 Å². The Morgan fingerprint density at radius 1 is 1.04 bits per heavy atom. The predicted octanol–water partition coefficient (Wildman–Crippen LogP) is 2.72. The molecule has 0 aromatic heterocycles. The Labute approximate surface area is 133 Å². The number of methoxy groups -OCH3 is 2. The number of nitrogens with zero attached hydrogens (tertiary/aromatic N) is 1. The fourth-order valence-electron chi connectivity index (χ4n) is 1.90. The van der Waals surface area contributed by atoms with E-state index in [2.05, 4.69) is 9.73 Å². The Hall–Kier alpha value is -3.15. The smallest absolute Gasteiger partial charge is 0.340 e. The lowest BCUT2D eigenvalue weighted by atomic mass is 10.1. The second-order valence-corrected chi connectivity index (χ2v) is 4.53. The van der Waals surface area contributed by atoms with E-state index in [1.807, 2.05) is 0 Å². The largest absolute Gasteiger partial charge is 0.507 e. The third-order valence-electron chi connectivity index (χ3n) is 3.10. The molecule has 0 heterocycles. The van der Waals surface area contributed by atoms with Crippen LogP contribution in [-0.4, -0.2) is 37.5 Å². The average Bonchev–Trinajstić information content (AvgIpc) is 2.59. The maximum Gasteiger partial charge on any atom is 0.340 e. The van der Waals surface area contributed by atoms with Gasteiger partial charge in [0.2, 0.25) is 0 Å². The van der Waals surface area contributed by atoms with Gasteiger partial charge in [0.15, 0.2) is 0 Å². The van der Waals surface area contributed by atoms with Gasteiger partial charge in [-0.1, -0.05) is 12.1 Å². The number of ether oxygens (including phenoxy) is 2. The lowest BCUT2D eigenvalue weighted by Gasteiger charge is -2.06. The summed E-state index contributed by atoms with van der Waals surface area (Å²) >= 11 is 0. The number of phenols is 1. The van der Waals surface area contributed by atoms with Crippen LogP contribution in [0.4, 0.5) is 5.69 Å². The molecular formula is C17H15NO5. The normalized spacial score (nSPS) is 10.5. The zero-order chi connectivity index (χ0) is 16.8. The van der Waals surface area contributed by atoms with Crippen molar-refractivity contribution in [2.45, 2.75) is 0 Å². The minimum absolute atomic E-state index is 0.0555. The minimum atomic E-state index is -0.578. The standard InChI is InChI=1S/C17H15NO5/c1-22-16(20)11-7-8-13(17(21)23-2)14(9-11)18-10-12-5-3-4-6-15(12)19/h3-10,19H,1-2H3. The molecule has 0 saturated carbocycles. The summed E-state index contributed by atoms with van der Waals surface area (Å²) in [6.07, 6.45) is 1.40. The van der Waals surface area contributed by atoms with Gasteiger partial charge in [-0.25, -0.2) is 9.59 Å². The first-order chi connectivity index (χ1) is 11.1. The summed E-state index contributed by atoms with van der Waals surface area (Å²) in [5.74, 6) is -1.06. The van der Waals surface area contributed by atoms with Gasteiger partial charge in [0.05, 0.1) is 31.0 Å². The van der Waals surface area contributed by atoms with Crippen LogP contribution in [0.25, 0.3) is 0 Å². The van der Waals surface area contributed by atoms with Gasteiger partial charge in [-0.2, -0.15) is 0 Å². The van der Waals surface area contributed by atoms with Gasteiger partial charge in [0.1, 0.15) is 5.75 Å². The molecule has 0 aliphatic carbocycles. The van der Waals surface area contributed by atoms with Gasteiger partial charge >= 0.3 is 11.9 Å². The molecule has 0 spiro atoms. The van der Waals surface area contributed by atoms with Gasteiger partial charge in [-0.3, -0.25) is 4.99 Å². The molecule has 0 aliphatic rings. The highest BCUT2D eigenvalue weighted by atomic mass is 16.5. The van der Waals surface area contributed by atoms with Crippen LogP contribution < -0.4 is 0 Å². The first-order valence-electron chi connectivity index (χ1n) is 6.69. The number of aliphatic imine (C=N–C) groups is 1. The number of phenolic OH excluding ortho intramolecular Hbond substituents is 1. The highest BCUT2D eigenvalue weighted by molar-refractivity contribution is 5.99. The van der Waals surface area contributed by atoms with Crippen molar-refractivity contribution < 1.29 is 24.2 Å². The quantitative estimate of drug-likeness (QED) is 0.693. The average molecular weight is 313 g/mol. The van der Waals surface area contributed by atoms with Gasteiger partial charge in [-0.05, 0) is 30.3 Å². The van der Waals surface area contributed by atoms with Crippen LogP contribution in [0.15, 0.2) is 47.5 Å². The van der Waals surface area contributed by atoms with Crippen molar-refractivity contribution >= 4 is 23.8 Å². The summed E-state index contributed by atoms with van der Waals surface area (Å²) < 4.78 is 9.35. The lowest BCUT2D eigenvalue weighted by Crippen LogP contribution is -2.05. The van der Waals surface area contributed by atoms with Crippen LogP contribution in [0.2, 0.25) is 0 Å². The van der Waals surface area contributed by atoms with Gasteiger partial charge in [0, 0.05) is 11.8 Å². The lowest BCUT2D eigenvalue weighted by molar-refractivity contribution is 0.0587. The molecule has 0 saturated heterocycles. The summed E-state index contributed by atoms with van der Waals surface area (Å²) in [5, 5.41) is 9.74. The zero-order valence-corrected chi connectivity index (χ0v) is 12.6. The van der Waals surface area contributed by atoms with Crippen molar-refractivity contribution in [2.75, 3.05) is 14.2 Å². The molecule has 2 aromatic carbocycles. The number of hydrogen-bond donors (Lipinski definition) is 1. The Kier molecular flexibility index (Phi) is 5.09. The summed E-state index contributed by atoms with van der Waals surface area (Å²) in [7, 11) is 2.52. The SMILES string of the molecule is COC(=O)c1ccc(C(=O)OC)c(N=Cc2ccccc2O)c1. The number of carbonyl (C=O) groups excluding carboxylic acids is 2. The molecule has 0 bridgehead atoms. The van der Waals surface area contributed by atoms with E-state index in [-0.39, 0.29) is 22.6 Å². The van der Waals surface area contributed by atoms with Gasteiger partial charge < -0.3 is 14.6 Å². The number of carbonyl (C=O) groups is 2. The van der Waals surface area contributed by atoms with Crippen LogP contribution in [-0.2, 0) is 9.47 Å². The van der Waals surface area contributed by atoms with E-state index in [9.17, 15) is 14.7 Å². The molecule has 0 aliphatic heterocycles. The first kappa shape index (κ1) is 16.2. The second kappa shape index (κ2) is 7.22. The van der Waals surface area contributed by atoms with Crippen molar-refractivity contribution in [3.8, 4) is 5.75 Å². The molecule has 6 heteroatoms. The molecule has 6 nitrogen and oxygen atoms in total. The van der Waals surface area contributed by atoms with Crippen LogP contribution in [0.3, 0.4) is 0 Å². The number of rotatable bonds is 4. The fourth-order valence-corrected chi connectivity index (χ4v) is 1.90. The molecule has 118 valence electrons. The number of hydrogen-bond acceptors (Lipinski definition) is 6. The van der Waals surface area contributed by atoms with Crippen molar-refractivity contribution in [2.24, 2.45) is 4.99 Å². The Morgan fingerprint density at radius 3 is 2.39 bits per heavy atom. The topological polar surface area (TPSA) is 85.2 Å². The highest BCUT2D eigenvalue weighted by Crippen LogP contribution is 2.23. The number of aromatic hydroxyl groups is 1. The summed E-state index contributed by atoms with van der Waals surface area (Å²) in [4.78, 5) is 27.6. The summed E-state index contributed by atoms with van der Waals surface area (Å²) in [5.41, 5.74) is 1.17. The maximum absolute atomic E-state index is 11.8. The van der Waals surface area contributed by atoms with Crippen molar-refractivity contribution in [1.29, 1.82) is 0 Å². The number of para-hydroxylation sites is 1. The van der Waals surface area contributed by atoms with E-state index in [0.29, 0.717) is 5.56 Å². The summed E-state index contributed by atoms with van der Waals surface area (Å²) in [6.45, 7) is 0. The highest BCUT2D eigenvalue weighted by Gasteiger charge is 2.15. The second-order valence-electron chi connectivity index (χ2n) is 4.53. The molecule has 0 radical (unpaired) electrons. The molecule has 0 unspecified atom stereocenters. The number of esters is 2. The Balaban J connectivity index is 2.47. The monoisotopic (exact) mass is 313 g/mol.